The maximum absolute atomic E-state index is 12.7. The number of ether oxygens (including phenoxy) is 1. The van der Waals surface area contributed by atoms with Crippen LogP contribution in [0.1, 0.15) is 25.9 Å². The molecule has 2 rings (SSSR count). The second-order valence-corrected chi connectivity index (χ2v) is 6.52. The molecule has 4 nitrogen and oxygen atoms in total. The number of halogens is 4. The third-order valence-corrected chi connectivity index (χ3v) is 4.41. The van der Waals surface area contributed by atoms with Crippen LogP contribution in [0.2, 0.25) is 4.47 Å². The number of esters is 1. The molecule has 0 N–H and O–H groups in total. The zero-order chi connectivity index (χ0) is 15.6. The normalized spacial score (nSPS) is 11.7. The average Bonchev–Trinajstić information content (AvgIpc) is 2.95. The lowest BCUT2D eigenvalue weighted by Gasteiger charge is -2.06. The van der Waals surface area contributed by atoms with Gasteiger partial charge in [-0.2, -0.15) is 13.2 Å². The number of rotatable bonds is 4. The minimum Gasteiger partial charge on any atom is -0.461 e. The molecule has 0 fully saturated rings. The maximum atomic E-state index is 12.7. The van der Waals surface area contributed by atoms with Gasteiger partial charge in [-0.15, -0.1) is 11.3 Å². The van der Waals surface area contributed by atoms with Crippen LogP contribution < -0.4 is 0 Å². The first-order valence-electron chi connectivity index (χ1n) is 5.58. The first kappa shape index (κ1) is 16.2. The lowest BCUT2D eigenvalue weighted by Crippen LogP contribution is -2.14. The van der Waals surface area contributed by atoms with E-state index in [1.165, 1.54) is 11.3 Å². The van der Waals surface area contributed by atoms with E-state index in [0.29, 0.717) is 17.8 Å². The van der Waals surface area contributed by atoms with Gasteiger partial charge in [0.15, 0.2) is 10.2 Å². The molecule has 0 spiro atoms. The van der Waals surface area contributed by atoms with Crippen molar-refractivity contribution >= 4 is 40.2 Å². The van der Waals surface area contributed by atoms with Crippen molar-refractivity contribution in [1.29, 1.82) is 0 Å². The van der Waals surface area contributed by atoms with Crippen molar-refractivity contribution in [3.05, 3.63) is 31.1 Å². The van der Waals surface area contributed by atoms with E-state index in [1.807, 2.05) is 6.92 Å². The smallest absolute Gasteiger partial charge is 0.435 e. The Morgan fingerprint density at radius 3 is 2.76 bits per heavy atom. The Morgan fingerprint density at radius 1 is 1.48 bits per heavy atom. The van der Waals surface area contributed by atoms with Crippen molar-refractivity contribution in [2.45, 2.75) is 19.5 Å². The number of aryl methyl sites for hydroxylation is 1. The maximum Gasteiger partial charge on any atom is 0.435 e. The second-order valence-electron chi connectivity index (χ2n) is 3.88. The fraction of sp³-hybridized carbons (Fsp3) is 0.364. The molecule has 2 heterocycles. The molecule has 0 atom stereocenters. The predicted molar refractivity (Wildman–Crippen MR) is 73.0 cm³/mol. The summed E-state index contributed by atoms with van der Waals surface area (Å²) in [6, 6.07) is 0. The molecule has 0 aliphatic heterocycles. The fourth-order valence-corrected chi connectivity index (χ4v) is 3.15. The first-order chi connectivity index (χ1) is 9.79. The topological polar surface area (TPSA) is 52.1 Å². The summed E-state index contributed by atoms with van der Waals surface area (Å²) < 4.78 is 42.6. The third kappa shape index (κ3) is 3.92. The summed E-state index contributed by atoms with van der Waals surface area (Å²) >= 11 is 7.33. The van der Waals surface area contributed by atoms with Gasteiger partial charge in [0.2, 0.25) is 0 Å². The molecule has 0 saturated carbocycles. The zero-order valence-electron chi connectivity index (χ0n) is 10.5. The lowest BCUT2D eigenvalue weighted by molar-refractivity contribution is -0.141. The third-order valence-electron chi connectivity index (χ3n) is 2.47. The molecule has 21 heavy (non-hydrogen) atoms. The van der Waals surface area contributed by atoms with Crippen LogP contribution in [0.15, 0.2) is 5.51 Å². The molecule has 0 bridgehead atoms. The summed E-state index contributed by atoms with van der Waals surface area (Å²) in [6.45, 7) is 1.80. The van der Waals surface area contributed by atoms with Gasteiger partial charge in [0.1, 0.15) is 4.88 Å². The zero-order valence-corrected chi connectivity index (χ0v) is 12.9. The molecule has 0 unspecified atom stereocenters. The fourth-order valence-electron chi connectivity index (χ4n) is 1.50. The molecule has 2 aromatic heterocycles. The van der Waals surface area contributed by atoms with E-state index >= 15 is 0 Å². The first-order valence-corrected chi connectivity index (χ1v) is 7.66. The quantitative estimate of drug-likeness (QED) is 0.777. The monoisotopic (exact) mass is 356 g/mol. The Bertz CT molecular complexity index is 654. The number of alkyl halides is 3. The number of carbonyl (C=O) groups is 1. The van der Waals surface area contributed by atoms with Gasteiger partial charge in [-0.25, -0.2) is 14.8 Å². The molecule has 0 aromatic carbocycles. The van der Waals surface area contributed by atoms with Crippen LogP contribution in [0.4, 0.5) is 13.2 Å². The summed E-state index contributed by atoms with van der Waals surface area (Å²) in [5.41, 5.74) is 1.09. The van der Waals surface area contributed by atoms with E-state index < -0.39 is 22.7 Å². The number of carbonyl (C=O) groups excluding carboxylic acids is 1. The minimum absolute atomic E-state index is 0.0593. The largest absolute Gasteiger partial charge is 0.461 e. The van der Waals surface area contributed by atoms with Crippen molar-refractivity contribution in [3.63, 3.8) is 0 Å². The van der Waals surface area contributed by atoms with Gasteiger partial charge in [0, 0.05) is 11.3 Å². The Labute approximate surface area is 130 Å². The van der Waals surface area contributed by atoms with E-state index in [2.05, 4.69) is 9.97 Å². The number of hydrogen-bond acceptors (Lipinski definition) is 6. The van der Waals surface area contributed by atoms with Crippen LogP contribution in [-0.4, -0.2) is 22.5 Å². The van der Waals surface area contributed by atoms with Gasteiger partial charge in [0.25, 0.3) is 0 Å². The molecular weight excluding hydrogens is 349 g/mol. The van der Waals surface area contributed by atoms with E-state index in [-0.39, 0.29) is 11.1 Å². The molecule has 0 amide bonds. The van der Waals surface area contributed by atoms with Gasteiger partial charge in [-0.1, -0.05) is 22.9 Å². The molecule has 10 heteroatoms. The van der Waals surface area contributed by atoms with Crippen LogP contribution in [0.3, 0.4) is 0 Å². The molecule has 0 aliphatic carbocycles. The van der Waals surface area contributed by atoms with Crippen molar-refractivity contribution in [1.82, 2.24) is 9.97 Å². The van der Waals surface area contributed by atoms with Crippen LogP contribution in [0.5, 0.6) is 0 Å². The van der Waals surface area contributed by atoms with Gasteiger partial charge in [0.05, 0.1) is 17.8 Å². The number of thiazole rings is 2. The summed E-state index contributed by atoms with van der Waals surface area (Å²) in [4.78, 5) is 19.2. The summed E-state index contributed by atoms with van der Waals surface area (Å²) in [5.74, 6) is -1.08. The Morgan fingerprint density at radius 2 is 2.19 bits per heavy atom. The van der Waals surface area contributed by atoms with Gasteiger partial charge in [-0.3, -0.25) is 0 Å². The van der Waals surface area contributed by atoms with Crippen LogP contribution in [0.25, 0.3) is 0 Å². The van der Waals surface area contributed by atoms with Crippen molar-refractivity contribution in [3.8, 4) is 0 Å². The summed E-state index contributed by atoms with van der Waals surface area (Å²) in [6.07, 6.45) is -4.40. The summed E-state index contributed by atoms with van der Waals surface area (Å²) in [5, 5.41) is 0. The van der Waals surface area contributed by atoms with E-state index in [0.717, 1.165) is 10.6 Å². The molecular formula is C11H8ClF3N2O2S2. The van der Waals surface area contributed by atoms with Crippen LogP contribution in [0, 0.1) is 6.92 Å². The molecule has 0 aliphatic rings. The SMILES string of the molecule is Cc1scnc1CCOC(=O)c1sc(Cl)nc1C(F)(F)F. The van der Waals surface area contributed by atoms with Crippen molar-refractivity contribution in [2.75, 3.05) is 6.61 Å². The standard InChI is InChI=1S/C11H8ClF3N2O2S2/c1-5-6(16-4-20-5)2-3-19-9(18)7-8(11(13,14)15)17-10(12)21-7/h4H,2-3H2,1H3. The van der Waals surface area contributed by atoms with E-state index in [9.17, 15) is 18.0 Å². The number of hydrogen-bond donors (Lipinski definition) is 0. The van der Waals surface area contributed by atoms with Gasteiger partial charge in [-0.05, 0) is 6.92 Å². The van der Waals surface area contributed by atoms with E-state index in [4.69, 9.17) is 16.3 Å². The Balaban J connectivity index is 2.02. The highest BCUT2D eigenvalue weighted by atomic mass is 35.5. The molecule has 0 radical (unpaired) electrons. The Kier molecular flexibility index (Phi) is 4.84. The highest BCUT2D eigenvalue weighted by Crippen LogP contribution is 2.36. The average molecular weight is 357 g/mol. The number of nitrogens with zero attached hydrogens (tertiary/aromatic N) is 2. The van der Waals surface area contributed by atoms with E-state index in [1.54, 1.807) is 5.51 Å². The van der Waals surface area contributed by atoms with Crippen molar-refractivity contribution < 1.29 is 22.7 Å². The second kappa shape index (κ2) is 6.29. The van der Waals surface area contributed by atoms with Crippen molar-refractivity contribution in [2.24, 2.45) is 0 Å². The lowest BCUT2D eigenvalue weighted by atomic mass is 10.3. The minimum atomic E-state index is -4.75. The molecule has 114 valence electrons. The van der Waals surface area contributed by atoms with Gasteiger partial charge < -0.3 is 4.74 Å². The van der Waals surface area contributed by atoms with Gasteiger partial charge >= 0.3 is 12.1 Å². The predicted octanol–water partition coefficient (Wildman–Crippen LogP) is 3.98. The Hall–Kier alpha value is -1.19. The molecule has 2 aromatic rings. The highest BCUT2D eigenvalue weighted by molar-refractivity contribution is 7.17. The molecule has 0 saturated heterocycles. The number of aromatic nitrogens is 2. The van der Waals surface area contributed by atoms with Crippen LogP contribution in [-0.2, 0) is 17.3 Å². The van der Waals surface area contributed by atoms with Crippen LogP contribution >= 0.6 is 34.3 Å². The highest BCUT2D eigenvalue weighted by Gasteiger charge is 2.40. The summed E-state index contributed by atoms with van der Waals surface area (Å²) in [7, 11) is 0.